The van der Waals surface area contributed by atoms with Crippen molar-refractivity contribution in [2.24, 2.45) is 0 Å². The molecule has 0 spiro atoms. The number of anilines is 2. The van der Waals surface area contributed by atoms with Gasteiger partial charge in [0, 0.05) is 70.3 Å². The Labute approximate surface area is 242 Å². The highest BCUT2D eigenvalue weighted by molar-refractivity contribution is 5.64. The van der Waals surface area contributed by atoms with Crippen LogP contribution in [0.1, 0.15) is 55.2 Å². The lowest BCUT2D eigenvalue weighted by Crippen LogP contribution is -2.35. The van der Waals surface area contributed by atoms with Crippen molar-refractivity contribution >= 4 is 11.4 Å². The molecule has 7 nitrogen and oxygen atoms in total. The quantitative estimate of drug-likeness (QED) is 0.302. The van der Waals surface area contributed by atoms with Gasteiger partial charge >= 0.3 is 0 Å². The third kappa shape index (κ3) is 9.82. The van der Waals surface area contributed by atoms with Gasteiger partial charge in [-0.15, -0.1) is 0 Å². The van der Waals surface area contributed by atoms with Crippen LogP contribution in [0.5, 0.6) is 0 Å². The zero-order chi connectivity index (χ0) is 27.2. The molecule has 3 fully saturated rings. The first-order valence-corrected chi connectivity index (χ1v) is 16.0. The second kappa shape index (κ2) is 16.4. The molecule has 40 heavy (non-hydrogen) atoms. The maximum atomic E-state index is 5.56. The first-order valence-electron chi connectivity index (χ1n) is 16.0. The Morgan fingerprint density at radius 3 is 1.80 bits per heavy atom. The Balaban J connectivity index is 1.20. The van der Waals surface area contributed by atoms with E-state index in [1.165, 1.54) is 92.8 Å². The molecule has 0 atom stereocenters. The van der Waals surface area contributed by atoms with E-state index in [2.05, 4.69) is 73.1 Å². The third-order valence-corrected chi connectivity index (χ3v) is 8.61. The SMILES string of the molecule is c1ccc(Nc2cc(CNCCN3CCCCC3)cc(CNCCN3CCCCC3)c2)c(CN2CCOCC2)c1. The number of ether oxygens (including phenoxy) is 1. The van der Waals surface area contributed by atoms with Crippen molar-refractivity contribution in [3.8, 4) is 0 Å². The number of hydrogen-bond acceptors (Lipinski definition) is 7. The molecule has 220 valence electrons. The summed E-state index contributed by atoms with van der Waals surface area (Å²) in [6.45, 7) is 15.9. The van der Waals surface area contributed by atoms with Crippen LogP contribution in [0.25, 0.3) is 0 Å². The van der Waals surface area contributed by atoms with E-state index in [9.17, 15) is 0 Å². The van der Waals surface area contributed by atoms with Gasteiger partial charge in [0.05, 0.1) is 13.2 Å². The molecule has 0 saturated carbocycles. The summed E-state index contributed by atoms with van der Waals surface area (Å²) < 4.78 is 5.56. The predicted octanol–water partition coefficient (Wildman–Crippen LogP) is 4.41. The lowest BCUT2D eigenvalue weighted by atomic mass is 10.1. The molecule has 0 aliphatic carbocycles. The van der Waals surface area contributed by atoms with Crippen LogP contribution >= 0.6 is 0 Å². The Bertz CT molecular complexity index is 954. The van der Waals surface area contributed by atoms with Crippen molar-refractivity contribution < 1.29 is 4.74 Å². The molecule has 3 aliphatic heterocycles. The molecule has 3 aliphatic rings. The van der Waals surface area contributed by atoms with Crippen LogP contribution < -0.4 is 16.0 Å². The van der Waals surface area contributed by atoms with Crippen molar-refractivity contribution in [3.63, 3.8) is 0 Å². The van der Waals surface area contributed by atoms with E-state index in [1.807, 2.05) is 0 Å². The minimum Gasteiger partial charge on any atom is -0.379 e. The smallest absolute Gasteiger partial charge is 0.0594 e. The molecule has 2 aromatic carbocycles. The first kappa shape index (κ1) is 29.5. The van der Waals surface area contributed by atoms with E-state index in [-0.39, 0.29) is 0 Å². The first-order chi connectivity index (χ1) is 19.8. The largest absolute Gasteiger partial charge is 0.379 e. The number of nitrogens with zero attached hydrogens (tertiary/aromatic N) is 3. The van der Waals surface area contributed by atoms with Crippen molar-refractivity contribution in [2.75, 3.05) is 84.0 Å². The fraction of sp³-hybridized carbons (Fsp3) is 0.636. The van der Waals surface area contributed by atoms with Gasteiger partial charge in [0.2, 0.25) is 0 Å². The molecule has 0 radical (unpaired) electrons. The molecule has 0 amide bonds. The van der Waals surface area contributed by atoms with Crippen LogP contribution in [0.4, 0.5) is 11.4 Å². The summed E-state index contributed by atoms with van der Waals surface area (Å²) in [6, 6.07) is 15.8. The van der Waals surface area contributed by atoms with E-state index in [4.69, 9.17) is 4.74 Å². The fourth-order valence-electron chi connectivity index (χ4n) is 6.28. The van der Waals surface area contributed by atoms with Crippen molar-refractivity contribution in [3.05, 3.63) is 59.2 Å². The molecule has 5 rings (SSSR count). The van der Waals surface area contributed by atoms with Crippen LogP contribution in [0.3, 0.4) is 0 Å². The van der Waals surface area contributed by atoms with Crippen LogP contribution in [0.15, 0.2) is 42.5 Å². The standard InChI is InChI=1S/C33H52N6O/c1-5-13-37(14-6-1)17-11-34-26-29-23-30(27-35-12-18-38-15-7-2-8-16-38)25-32(24-29)36-33-10-4-3-9-31(33)28-39-19-21-40-22-20-39/h3-4,9-10,23-25,34-36H,1-2,5-8,11-22,26-28H2. The average Bonchev–Trinajstić information content (AvgIpc) is 3.00. The fourth-order valence-corrected chi connectivity index (χ4v) is 6.28. The number of piperidine rings is 2. The summed E-state index contributed by atoms with van der Waals surface area (Å²) in [4.78, 5) is 7.71. The minimum atomic E-state index is 0.830. The van der Waals surface area contributed by atoms with Crippen molar-refractivity contribution in [1.82, 2.24) is 25.3 Å². The lowest BCUT2D eigenvalue weighted by molar-refractivity contribution is 0.0343. The molecular weight excluding hydrogens is 496 g/mol. The number of likely N-dealkylation sites (tertiary alicyclic amines) is 2. The number of nitrogens with one attached hydrogen (secondary N) is 3. The van der Waals surface area contributed by atoms with Gasteiger partial charge in [0.25, 0.3) is 0 Å². The normalized spacial score (nSPS) is 19.6. The summed E-state index contributed by atoms with van der Waals surface area (Å²) in [5.41, 5.74) is 6.42. The Morgan fingerprint density at radius 2 is 1.20 bits per heavy atom. The van der Waals surface area contributed by atoms with E-state index in [0.717, 1.165) is 72.1 Å². The van der Waals surface area contributed by atoms with Crippen LogP contribution in [-0.2, 0) is 24.4 Å². The minimum absolute atomic E-state index is 0.830. The van der Waals surface area contributed by atoms with Gasteiger partial charge < -0.3 is 30.5 Å². The Hall–Kier alpha value is -2.00. The number of morpholine rings is 1. The summed E-state index contributed by atoms with van der Waals surface area (Å²) in [6.07, 6.45) is 8.22. The molecule has 3 N–H and O–H groups in total. The van der Waals surface area contributed by atoms with Crippen molar-refractivity contribution in [1.29, 1.82) is 0 Å². The molecule has 3 heterocycles. The number of benzene rings is 2. The van der Waals surface area contributed by atoms with Gasteiger partial charge in [-0.05, 0) is 86.8 Å². The van der Waals surface area contributed by atoms with Gasteiger partial charge in [-0.2, -0.15) is 0 Å². The van der Waals surface area contributed by atoms with Gasteiger partial charge in [0.15, 0.2) is 0 Å². The van der Waals surface area contributed by atoms with Gasteiger partial charge in [-0.1, -0.05) is 37.1 Å². The Morgan fingerprint density at radius 1 is 0.625 bits per heavy atom. The maximum Gasteiger partial charge on any atom is 0.0594 e. The number of hydrogen-bond donors (Lipinski definition) is 3. The predicted molar refractivity (Wildman–Crippen MR) is 166 cm³/mol. The summed E-state index contributed by atoms with van der Waals surface area (Å²) in [5.74, 6) is 0. The monoisotopic (exact) mass is 548 g/mol. The molecule has 3 saturated heterocycles. The summed E-state index contributed by atoms with van der Waals surface area (Å²) >= 11 is 0. The molecular formula is C33H52N6O. The van der Waals surface area contributed by atoms with E-state index in [0.29, 0.717) is 0 Å². The highest BCUT2D eigenvalue weighted by atomic mass is 16.5. The lowest BCUT2D eigenvalue weighted by Gasteiger charge is -2.27. The highest BCUT2D eigenvalue weighted by Crippen LogP contribution is 2.25. The van der Waals surface area contributed by atoms with Crippen LogP contribution in [0.2, 0.25) is 0 Å². The average molecular weight is 549 g/mol. The van der Waals surface area contributed by atoms with Crippen LogP contribution in [-0.4, -0.2) is 93.4 Å². The molecule has 2 aromatic rings. The van der Waals surface area contributed by atoms with Crippen molar-refractivity contribution in [2.45, 2.75) is 58.2 Å². The van der Waals surface area contributed by atoms with Gasteiger partial charge in [-0.25, -0.2) is 0 Å². The molecule has 0 unspecified atom stereocenters. The Kier molecular flexibility index (Phi) is 12.1. The van der Waals surface area contributed by atoms with Gasteiger partial charge in [0.1, 0.15) is 0 Å². The van der Waals surface area contributed by atoms with E-state index in [1.54, 1.807) is 0 Å². The second-order valence-electron chi connectivity index (χ2n) is 11.9. The maximum absolute atomic E-state index is 5.56. The molecule has 0 bridgehead atoms. The van der Waals surface area contributed by atoms with Gasteiger partial charge in [-0.3, -0.25) is 4.90 Å². The number of para-hydroxylation sites is 1. The molecule has 7 heteroatoms. The second-order valence-corrected chi connectivity index (χ2v) is 11.9. The number of rotatable bonds is 14. The zero-order valence-corrected chi connectivity index (χ0v) is 24.6. The molecule has 0 aromatic heterocycles. The van der Waals surface area contributed by atoms with E-state index >= 15 is 0 Å². The topological polar surface area (TPSA) is 55.0 Å². The highest BCUT2D eigenvalue weighted by Gasteiger charge is 2.14. The third-order valence-electron chi connectivity index (χ3n) is 8.61. The zero-order valence-electron chi connectivity index (χ0n) is 24.6. The van der Waals surface area contributed by atoms with E-state index < -0.39 is 0 Å². The summed E-state index contributed by atoms with van der Waals surface area (Å²) in [7, 11) is 0. The van der Waals surface area contributed by atoms with Crippen LogP contribution in [0, 0.1) is 0 Å². The summed E-state index contributed by atoms with van der Waals surface area (Å²) in [5, 5.41) is 11.3.